The second kappa shape index (κ2) is 6.63. The van der Waals surface area contributed by atoms with Crippen LogP contribution < -0.4 is 10.1 Å². The SMILES string of the molecule is COc1ccc2nc(NC(=O)C3CCN(C(=O)C4CC4)CC3)sc2c1. The average molecular weight is 359 g/mol. The number of ether oxygens (including phenoxy) is 1. The highest BCUT2D eigenvalue weighted by Gasteiger charge is 2.36. The summed E-state index contributed by atoms with van der Waals surface area (Å²) in [6, 6.07) is 5.67. The van der Waals surface area contributed by atoms with Crippen LogP contribution in [0.3, 0.4) is 0 Å². The third-order valence-electron chi connectivity index (χ3n) is 4.93. The monoisotopic (exact) mass is 359 g/mol. The molecule has 25 heavy (non-hydrogen) atoms. The van der Waals surface area contributed by atoms with Crippen LogP contribution in [0.15, 0.2) is 18.2 Å². The summed E-state index contributed by atoms with van der Waals surface area (Å²) in [6.07, 6.45) is 3.51. The lowest BCUT2D eigenvalue weighted by Gasteiger charge is -2.31. The van der Waals surface area contributed by atoms with Crippen LogP contribution in [0.2, 0.25) is 0 Å². The van der Waals surface area contributed by atoms with E-state index in [1.54, 1.807) is 7.11 Å². The number of amides is 2. The average Bonchev–Trinajstić information content (AvgIpc) is 3.41. The molecule has 1 saturated heterocycles. The smallest absolute Gasteiger partial charge is 0.229 e. The van der Waals surface area contributed by atoms with Gasteiger partial charge in [-0.25, -0.2) is 4.98 Å². The van der Waals surface area contributed by atoms with E-state index < -0.39 is 0 Å². The zero-order chi connectivity index (χ0) is 17.4. The number of hydrogen-bond donors (Lipinski definition) is 1. The Kier molecular flexibility index (Phi) is 4.33. The largest absolute Gasteiger partial charge is 0.497 e. The second-order valence-corrected chi connectivity index (χ2v) is 7.75. The summed E-state index contributed by atoms with van der Waals surface area (Å²) in [5.74, 6) is 1.26. The van der Waals surface area contributed by atoms with Gasteiger partial charge in [0.2, 0.25) is 11.8 Å². The number of carbonyl (C=O) groups excluding carboxylic acids is 2. The molecule has 1 N–H and O–H groups in total. The highest BCUT2D eigenvalue weighted by Crippen LogP contribution is 2.33. The van der Waals surface area contributed by atoms with Gasteiger partial charge in [-0.1, -0.05) is 11.3 Å². The summed E-state index contributed by atoms with van der Waals surface area (Å²) >= 11 is 1.45. The number of nitrogens with zero attached hydrogens (tertiary/aromatic N) is 2. The zero-order valence-electron chi connectivity index (χ0n) is 14.2. The van der Waals surface area contributed by atoms with Crippen LogP contribution in [0.4, 0.5) is 5.13 Å². The van der Waals surface area contributed by atoms with Crippen molar-refractivity contribution >= 4 is 38.5 Å². The molecular weight excluding hydrogens is 338 g/mol. The van der Waals surface area contributed by atoms with Crippen molar-refractivity contribution in [2.45, 2.75) is 25.7 Å². The van der Waals surface area contributed by atoms with Crippen molar-refractivity contribution in [2.75, 3.05) is 25.5 Å². The standard InChI is InChI=1S/C18H21N3O3S/c1-24-13-4-5-14-15(10-13)25-18(19-14)20-16(22)11-6-8-21(9-7-11)17(23)12-2-3-12/h4-5,10-12H,2-3,6-9H2,1H3,(H,19,20,22). The number of piperidine rings is 1. The molecule has 132 valence electrons. The molecule has 1 saturated carbocycles. The van der Waals surface area contributed by atoms with Gasteiger partial charge in [-0.2, -0.15) is 0 Å². The topological polar surface area (TPSA) is 71.5 Å². The highest BCUT2D eigenvalue weighted by molar-refractivity contribution is 7.22. The van der Waals surface area contributed by atoms with E-state index in [1.807, 2.05) is 23.1 Å². The maximum Gasteiger partial charge on any atom is 0.229 e. The Bertz CT molecular complexity index is 807. The number of thiazole rings is 1. The molecule has 0 radical (unpaired) electrons. The van der Waals surface area contributed by atoms with Gasteiger partial charge in [0, 0.05) is 24.9 Å². The maximum atomic E-state index is 12.5. The number of methoxy groups -OCH3 is 1. The predicted molar refractivity (Wildman–Crippen MR) is 96.8 cm³/mol. The fourth-order valence-corrected chi connectivity index (χ4v) is 4.14. The lowest BCUT2D eigenvalue weighted by atomic mass is 9.95. The van der Waals surface area contributed by atoms with Crippen molar-refractivity contribution in [3.8, 4) is 5.75 Å². The van der Waals surface area contributed by atoms with Crippen molar-refractivity contribution in [3.05, 3.63) is 18.2 Å². The third kappa shape index (κ3) is 3.46. The first-order chi connectivity index (χ1) is 12.1. The van der Waals surface area contributed by atoms with Gasteiger partial charge < -0.3 is 15.0 Å². The van der Waals surface area contributed by atoms with Crippen LogP contribution in [-0.2, 0) is 9.59 Å². The number of carbonyl (C=O) groups is 2. The predicted octanol–water partition coefficient (Wildman–Crippen LogP) is 2.89. The summed E-state index contributed by atoms with van der Waals surface area (Å²) in [4.78, 5) is 31.0. The van der Waals surface area contributed by atoms with Crippen LogP contribution in [0.25, 0.3) is 10.2 Å². The minimum atomic E-state index is -0.0511. The van der Waals surface area contributed by atoms with Gasteiger partial charge in [0.25, 0.3) is 0 Å². The number of aromatic nitrogens is 1. The minimum Gasteiger partial charge on any atom is -0.497 e. The Labute approximate surface area is 150 Å². The maximum absolute atomic E-state index is 12.5. The third-order valence-corrected chi connectivity index (χ3v) is 5.86. The van der Waals surface area contributed by atoms with Gasteiger partial charge in [-0.15, -0.1) is 0 Å². The molecule has 2 fully saturated rings. The Morgan fingerprint density at radius 3 is 2.64 bits per heavy atom. The van der Waals surface area contributed by atoms with Crippen molar-refractivity contribution < 1.29 is 14.3 Å². The fourth-order valence-electron chi connectivity index (χ4n) is 3.24. The second-order valence-electron chi connectivity index (χ2n) is 6.72. The van der Waals surface area contributed by atoms with Crippen LogP contribution in [0.5, 0.6) is 5.75 Å². The number of hydrogen-bond acceptors (Lipinski definition) is 5. The summed E-state index contributed by atoms with van der Waals surface area (Å²) in [7, 11) is 1.63. The first-order valence-corrected chi connectivity index (χ1v) is 9.50. The molecule has 0 spiro atoms. The molecule has 2 amide bonds. The van der Waals surface area contributed by atoms with Crippen molar-refractivity contribution in [3.63, 3.8) is 0 Å². The number of benzene rings is 1. The molecule has 7 heteroatoms. The first kappa shape index (κ1) is 16.3. The van der Waals surface area contributed by atoms with Crippen molar-refractivity contribution in [1.82, 2.24) is 9.88 Å². The van der Waals surface area contributed by atoms with E-state index in [-0.39, 0.29) is 23.7 Å². The number of rotatable bonds is 4. The molecule has 6 nitrogen and oxygen atoms in total. The van der Waals surface area contributed by atoms with Crippen LogP contribution >= 0.6 is 11.3 Å². The Hall–Kier alpha value is -2.15. The summed E-state index contributed by atoms with van der Waals surface area (Å²) in [6.45, 7) is 1.37. The summed E-state index contributed by atoms with van der Waals surface area (Å²) in [5, 5.41) is 3.56. The van der Waals surface area contributed by atoms with E-state index in [2.05, 4.69) is 10.3 Å². The molecular formula is C18H21N3O3S. The number of anilines is 1. The molecule has 1 aromatic carbocycles. The molecule has 1 aromatic heterocycles. The van der Waals surface area contributed by atoms with E-state index in [1.165, 1.54) is 11.3 Å². The van der Waals surface area contributed by atoms with Crippen molar-refractivity contribution in [1.29, 1.82) is 0 Å². The molecule has 0 atom stereocenters. The van der Waals surface area contributed by atoms with E-state index >= 15 is 0 Å². The zero-order valence-corrected chi connectivity index (χ0v) is 15.0. The van der Waals surface area contributed by atoms with Crippen LogP contribution in [0, 0.1) is 11.8 Å². The van der Waals surface area contributed by atoms with Gasteiger partial charge in [0.1, 0.15) is 5.75 Å². The van der Waals surface area contributed by atoms with Gasteiger partial charge in [0.15, 0.2) is 5.13 Å². The number of likely N-dealkylation sites (tertiary alicyclic amines) is 1. The Morgan fingerprint density at radius 1 is 1.20 bits per heavy atom. The van der Waals surface area contributed by atoms with Gasteiger partial charge in [0.05, 0.1) is 17.3 Å². The highest BCUT2D eigenvalue weighted by atomic mass is 32.1. The first-order valence-electron chi connectivity index (χ1n) is 8.68. The molecule has 0 unspecified atom stereocenters. The number of nitrogens with one attached hydrogen (secondary N) is 1. The van der Waals surface area contributed by atoms with Gasteiger partial charge in [-0.05, 0) is 43.9 Å². The minimum absolute atomic E-state index is 0.00421. The van der Waals surface area contributed by atoms with E-state index in [9.17, 15) is 9.59 Å². The molecule has 2 aliphatic rings. The van der Waals surface area contributed by atoms with E-state index in [0.717, 1.165) is 41.6 Å². The lowest BCUT2D eigenvalue weighted by molar-refractivity contribution is -0.135. The fraction of sp³-hybridized carbons (Fsp3) is 0.500. The molecule has 4 rings (SSSR count). The molecule has 2 heterocycles. The van der Waals surface area contributed by atoms with Crippen LogP contribution in [0.1, 0.15) is 25.7 Å². The van der Waals surface area contributed by atoms with E-state index in [0.29, 0.717) is 18.2 Å². The summed E-state index contributed by atoms with van der Waals surface area (Å²) in [5.41, 5.74) is 0.853. The Balaban J connectivity index is 1.36. The number of fused-ring (bicyclic) bond motifs is 1. The van der Waals surface area contributed by atoms with Gasteiger partial charge >= 0.3 is 0 Å². The van der Waals surface area contributed by atoms with E-state index in [4.69, 9.17) is 4.74 Å². The molecule has 1 aliphatic heterocycles. The van der Waals surface area contributed by atoms with Gasteiger partial charge in [-0.3, -0.25) is 9.59 Å². The van der Waals surface area contributed by atoms with Crippen molar-refractivity contribution in [2.24, 2.45) is 11.8 Å². The molecule has 1 aliphatic carbocycles. The summed E-state index contributed by atoms with van der Waals surface area (Å²) < 4.78 is 6.20. The molecule has 2 aromatic rings. The normalized spacial score (nSPS) is 18.4. The molecule has 0 bridgehead atoms. The quantitative estimate of drug-likeness (QED) is 0.911. The Morgan fingerprint density at radius 2 is 1.96 bits per heavy atom. The van der Waals surface area contributed by atoms with Crippen LogP contribution in [-0.4, -0.2) is 41.9 Å². The lowest BCUT2D eigenvalue weighted by Crippen LogP contribution is -2.42.